The lowest BCUT2D eigenvalue weighted by atomic mass is 10.1. The Labute approximate surface area is 121 Å². The first-order chi connectivity index (χ1) is 9.51. The molecule has 7 heteroatoms. The number of aliphatic hydroxyl groups excluding tert-OH is 1. The summed E-state index contributed by atoms with van der Waals surface area (Å²) in [6.07, 6.45) is 0.197. The molecule has 0 aliphatic carbocycles. The zero-order valence-electron chi connectivity index (χ0n) is 11.2. The second kappa shape index (κ2) is 7.72. The topological polar surface area (TPSA) is 84.9 Å². The third kappa shape index (κ3) is 4.40. The van der Waals surface area contributed by atoms with E-state index in [1.807, 2.05) is 0 Å². The molecule has 0 aliphatic heterocycles. The van der Waals surface area contributed by atoms with Crippen LogP contribution in [0.15, 0.2) is 18.2 Å². The minimum absolute atomic E-state index is 0.197. The number of hydrogen-bond acceptors (Lipinski definition) is 5. The van der Waals surface area contributed by atoms with Crippen molar-refractivity contribution in [2.75, 3.05) is 20.8 Å². The molecule has 0 aliphatic rings. The monoisotopic (exact) mass is 301 g/mol. The number of amides is 1. The van der Waals surface area contributed by atoms with E-state index in [1.165, 1.54) is 14.2 Å². The van der Waals surface area contributed by atoms with E-state index in [9.17, 15) is 9.59 Å². The van der Waals surface area contributed by atoms with Gasteiger partial charge < -0.3 is 19.9 Å². The van der Waals surface area contributed by atoms with Crippen molar-refractivity contribution >= 4 is 23.5 Å². The molecule has 0 saturated carbocycles. The normalized spacial score (nSPS) is 11.6. The van der Waals surface area contributed by atoms with Gasteiger partial charge in [0.15, 0.2) is 0 Å². The number of esters is 1. The van der Waals surface area contributed by atoms with Gasteiger partial charge in [0, 0.05) is 6.42 Å². The summed E-state index contributed by atoms with van der Waals surface area (Å²) < 4.78 is 9.64. The van der Waals surface area contributed by atoms with Crippen LogP contribution in [0.5, 0.6) is 5.75 Å². The summed E-state index contributed by atoms with van der Waals surface area (Å²) in [6, 6.07) is 4.15. The number of ether oxygens (including phenoxy) is 2. The van der Waals surface area contributed by atoms with Crippen LogP contribution in [0.25, 0.3) is 0 Å². The summed E-state index contributed by atoms with van der Waals surface area (Å²) in [6.45, 7) is -0.698. The fourth-order valence-corrected chi connectivity index (χ4v) is 1.93. The second-order valence-electron chi connectivity index (χ2n) is 3.97. The number of benzene rings is 1. The largest absolute Gasteiger partial charge is 0.495 e. The third-order valence-electron chi connectivity index (χ3n) is 2.62. The number of carbonyl (C=O) groups is 2. The quantitative estimate of drug-likeness (QED) is 0.749. The van der Waals surface area contributed by atoms with Crippen molar-refractivity contribution in [1.29, 1.82) is 0 Å². The Balaban J connectivity index is 2.86. The maximum Gasteiger partial charge on any atom is 0.328 e. The van der Waals surface area contributed by atoms with Crippen molar-refractivity contribution < 1.29 is 24.2 Å². The van der Waals surface area contributed by atoms with E-state index in [0.29, 0.717) is 10.8 Å². The van der Waals surface area contributed by atoms with Gasteiger partial charge in [0.1, 0.15) is 18.4 Å². The number of methoxy groups -OCH3 is 2. The highest BCUT2D eigenvalue weighted by Crippen LogP contribution is 2.25. The standard InChI is InChI=1S/C13H16ClNO5/c1-19-11-4-3-8(5-9(11)14)6-10(13(18)20-2)15-12(17)7-16/h3-5,10,16H,6-7H2,1-2H3,(H,15,17)/t10-/m0/s1. The first-order valence-electron chi connectivity index (χ1n) is 5.82. The summed E-state index contributed by atoms with van der Waals surface area (Å²) in [7, 11) is 2.72. The first-order valence-corrected chi connectivity index (χ1v) is 6.20. The van der Waals surface area contributed by atoms with Crippen molar-refractivity contribution in [3.8, 4) is 5.75 Å². The van der Waals surface area contributed by atoms with Crippen LogP contribution in [-0.4, -0.2) is 43.9 Å². The van der Waals surface area contributed by atoms with E-state index in [4.69, 9.17) is 21.4 Å². The van der Waals surface area contributed by atoms with Gasteiger partial charge in [0.2, 0.25) is 5.91 Å². The van der Waals surface area contributed by atoms with E-state index in [0.717, 1.165) is 5.56 Å². The van der Waals surface area contributed by atoms with Gasteiger partial charge in [0.05, 0.1) is 19.2 Å². The Morgan fingerprint density at radius 3 is 2.60 bits per heavy atom. The summed E-state index contributed by atoms with van der Waals surface area (Å²) in [5, 5.41) is 11.5. The zero-order chi connectivity index (χ0) is 15.1. The molecule has 0 fully saturated rings. The maximum atomic E-state index is 11.6. The fraction of sp³-hybridized carbons (Fsp3) is 0.385. The molecular formula is C13H16ClNO5. The SMILES string of the molecule is COC(=O)[C@H](Cc1ccc(OC)c(Cl)c1)NC(=O)CO. The smallest absolute Gasteiger partial charge is 0.328 e. The molecule has 110 valence electrons. The summed E-state index contributed by atoms with van der Waals surface area (Å²) >= 11 is 5.99. The number of nitrogens with one attached hydrogen (secondary N) is 1. The maximum absolute atomic E-state index is 11.6. The van der Waals surface area contributed by atoms with E-state index in [2.05, 4.69) is 10.1 Å². The van der Waals surface area contributed by atoms with Gasteiger partial charge in [-0.3, -0.25) is 4.79 Å². The van der Waals surface area contributed by atoms with Gasteiger partial charge in [-0.2, -0.15) is 0 Å². The first kappa shape index (κ1) is 16.3. The number of halogens is 1. The minimum atomic E-state index is -0.885. The van der Waals surface area contributed by atoms with E-state index < -0.39 is 24.5 Å². The van der Waals surface area contributed by atoms with E-state index in [-0.39, 0.29) is 6.42 Å². The molecule has 0 spiro atoms. The van der Waals surface area contributed by atoms with Crippen LogP contribution in [0.3, 0.4) is 0 Å². The Morgan fingerprint density at radius 1 is 1.40 bits per heavy atom. The molecule has 20 heavy (non-hydrogen) atoms. The molecule has 0 unspecified atom stereocenters. The average Bonchev–Trinajstić information content (AvgIpc) is 2.45. The predicted molar refractivity (Wildman–Crippen MR) is 72.7 cm³/mol. The number of carbonyl (C=O) groups excluding carboxylic acids is 2. The molecule has 0 bridgehead atoms. The summed E-state index contributed by atoms with van der Waals surface area (Å²) in [4.78, 5) is 22.8. The van der Waals surface area contributed by atoms with Crippen LogP contribution >= 0.6 is 11.6 Å². The van der Waals surface area contributed by atoms with Crippen LogP contribution in [0.1, 0.15) is 5.56 Å². The molecule has 2 N–H and O–H groups in total. The number of rotatable bonds is 6. The molecule has 0 aromatic heterocycles. The van der Waals surface area contributed by atoms with Crippen LogP contribution in [-0.2, 0) is 20.7 Å². The highest BCUT2D eigenvalue weighted by atomic mass is 35.5. The molecule has 0 heterocycles. The van der Waals surface area contributed by atoms with E-state index in [1.54, 1.807) is 18.2 Å². The molecule has 0 saturated heterocycles. The lowest BCUT2D eigenvalue weighted by Gasteiger charge is -2.16. The van der Waals surface area contributed by atoms with Crippen LogP contribution in [0, 0.1) is 0 Å². The Hall–Kier alpha value is -1.79. The zero-order valence-corrected chi connectivity index (χ0v) is 11.9. The lowest BCUT2D eigenvalue weighted by Crippen LogP contribution is -2.44. The van der Waals surface area contributed by atoms with Crippen molar-refractivity contribution in [2.24, 2.45) is 0 Å². The van der Waals surface area contributed by atoms with Crippen molar-refractivity contribution in [2.45, 2.75) is 12.5 Å². The Bertz CT molecular complexity index is 492. The predicted octanol–water partition coefficient (Wildman–Crippen LogP) is 0.541. The highest BCUT2D eigenvalue weighted by Gasteiger charge is 2.22. The van der Waals surface area contributed by atoms with Gasteiger partial charge in [-0.15, -0.1) is 0 Å². The summed E-state index contributed by atoms with van der Waals surface area (Å²) in [5.41, 5.74) is 0.726. The molecule has 1 rings (SSSR count). The van der Waals surface area contributed by atoms with Crippen LogP contribution < -0.4 is 10.1 Å². The number of hydrogen-bond donors (Lipinski definition) is 2. The van der Waals surface area contributed by atoms with Crippen molar-refractivity contribution in [3.05, 3.63) is 28.8 Å². The molecular weight excluding hydrogens is 286 g/mol. The second-order valence-corrected chi connectivity index (χ2v) is 4.38. The van der Waals surface area contributed by atoms with Gasteiger partial charge in [0.25, 0.3) is 0 Å². The van der Waals surface area contributed by atoms with Gasteiger partial charge in [-0.25, -0.2) is 4.79 Å². The van der Waals surface area contributed by atoms with E-state index >= 15 is 0 Å². The average molecular weight is 302 g/mol. The van der Waals surface area contributed by atoms with Gasteiger partial charge >= 0.3 is 5.97 Å². The van der Waals surface area contributed by atoms with Crippen LogP contribution in [0.4, 0.5) is 0 Å². The molecule has 1 aromatic rings. The van der Waals surface area contributed by atoms with Gasteiger partial charge in [-0.1, -0.05) is 17.7 Å². The Kier molecular flexibility index (Phi) is 6.27. The van der Waals surface area contributed by atoms with Crippen molar-refractivity contribution in [1.82, 2.24) is 5.32 Å². The fourth-order valence-electron chi connectivity index (χ4n) is 1.65. The Morgan fingerprint density at radius 2 is 2.10 bits per heavy atom. The van der Waals surface area contributed by atoms with Crippen molar-refractivity contribution in [3.63, 3.8) is 0 Å². The molecule has 0 radical (unpaired) electrons. The highest BCUT2D eigenvalue weighted by molar-refractivity contribution is 6.32. The molecule has 6 nitrogen and oxygen atoms in total. The number of aliphatic hydroxyl groups is 1. The van der Waals surface area contributed by atoms with Crippen LogP contribution in [0.2, 0.25) is 5.02 Å². The summed E-state index contributed by atoms with van der Waals surface area (Å²) in [5.74, 6) is -0.733. The molecule has 1 amide bonds. The lowest BCUT2D eigenvalue weighted by molar-refractivity contribution is -0.145. The third-order valence-corrected chi connectivity index (χ3v) is 2.92. The minimum Gasteiger partial charge on any atom is -0.495 e. The molecule has 1 atom stereocenters. The molecule has 1 aromatic carbocycles. The van der Waals surface area contributed by atoms with Gasteiger partial charge in [-0.05, 0) is 17.7 Å².